The molecule has 21 heavy (non-hydrogen) atoms. The van der Waals surface area contributed by atoms with Gasteiger partial charge in [-0.2, -0.15) is 0 Å². The average Bonchev–Trinajstić information content (AvgIpc) is 3.15. The standard InChI is InChI=1S/C15H26N4OS/c1-18-14(13-5-10-20-11-6-13)16-17-15(18)21-12-4-9-19-7-2-3-8-19/h13H,2-12H2,1H3. The highest BCUT2D eigenvalue weighted by Gasteiger charge is 2.22. The molecular formula is C15H26N4OS. The number of hydrogen-bond donors (Lipinski definition) is 0. The Hall–Kier alpha value is -0.590. The number of ether oxygens (including phenoxy) is 1. The van der Waals surface area contributed by atoms with Gasteiger partial charge in [-0.05, 0) is 51.7 Å². The second kappa shape index (κ2) is 7.61. The lowest BCUT2D eigenvalue weighted by Gasteiger charge is -2.21. The summed E-state index contributed by atoms with van der Waals surface area (Å²) >= 11 is 1.85. The molecular weight excluding hydrogens is 284 g/mol. The van der Waals surface area contributed by atoms with Gasteiger partial charge in [0.2, 0.25) is 0 Å². The van der Waals surface area contributed by atoms with Gasteiger partial charge in [0.05, 0.1) is 0 Å². The zero-order valence-corrected chi connectivity index (χ0v) is 13.8. The molecule has 0 radical (unpaired) electrons. The van der Waals surface area contributed by atoms with Gasteiger partial charge in [0.15, 0.2) is 5.16 Å². The monoisotopic (exact) mass is 310 g/mol. The highest BCUT2D eigenvalue weighted by atomic mass is 32.2. The van der Waals surface area contributed by atoms with Gasteiger partial charge in [-0.25, -0.2) is 0 Å². The first-order valence-corrected chi connectivity index (χ1v) is 9.15. The molecule has 0 N–H and O–H groups in total. The van der Waals surface area contributed by atoms with Crippen LogP contribution in [0.3, 0.4) is 0 Å². The van der Waals surface area contributed by atoms with E-state index in [4.69, 9.17) is 4.74 Å². The summed E-state index contributed by atoms with van der Waals surface area (Å²) < 4.78 is 7.62. The molecule has 6 heteroatoms. The molecule has 2 aliphatic rings. The molecule has 3 heterocycles. The van der Waals surface area contributed by atoms with E-state index < -0.39 is 0 Å². The van der Waals surface area contributed by atoms with Gasteiger partial charge in [0.1, 0.15) is 5.82 Å². The van der Waals surface area contributed by atoms with Gasteiger partial charge in [0.25, 0.3) is 0 Å². The number of hydrogen-bond acceptors (Lipinski definition) is 5. The molecule has 0 aliphatic carbocycles. The molecule has 2 fully saturated rings. The summed E-state index contributed by atoms with van der Waals surface area (Å²) in [4.78, 5) is 2.57. The topological polar surface area (TPSA) is 43.2 Å². The quantitative estimate of drug-likeness (QED) is 0.596. The molecule has 0 saturated carbocycles. The largest absolute Gasteiger partial charge is 0.381 e. The predicted octanol–water partition coefficient (Wildman–Crippen LogP) is 2.29. The fourth-order valence-corrected chi connectivity index (χ4v) is 4.06. The van der Waals surface area contributed by atoms with E-state index in [1.807, 2.05) is 11.8 Å². The third-order valence-corrected chi connectivity index (χ3v) is 5.61. The van der Waals surface area contributed by atoms with Crippen molar-refractivity contribution in [1.29, 1.82) is 0 Å². The van der Waals surface area contributed by atoms with Crippen molar-refractivity contribution in [2.75, 3.05) is 38.6 Å². The number of thioether (sulfide) groups is 1. The van der Waals surface area contributed by atoms with Crippen LogP contribution in [0.2, 0.25) is 0 Å². The van der Waals surface area contributed by atoms with Crippen molar-refractivity contribution in [1.82, 2.24) is 19.7 Å². The molecule has 0 bridgehead atoms. The minimum Gasteiger partial charge on any atom is -0.381 e. The molecule has 0 aromatic carbocycles. The Kier molecular flexibility index (Phi) is 5.55. The van der Waals surface area contributed by atoms with Crippen molar-refractivity contribution < 1.29 is 4.74 Å². The van der Waals surface area contributed by atoms with Gasteiger partial charge >= 0.3 is 0 Å². The lowest BCUT2D eigenvalue weighted by molar-refractivity contribution is 0.0828. The van der Waals surface area contributed by atoms with Crippen LogP contribution < -0.4 is 0 Å². The molecule has 2 aliphatic heterocycles. The zero-order valence-electron chi connectivity index (χ0n) is 13.0. The second-order valence-corrected chi connectivity index (χ2v) is 7.10. The van der Waals surface area contributed by atoms with E-state index in [0.29, 0.717) is 5.92 Å². The van der Waals surface area contributed by atoms with Gasteiger partial charge in [0, 0.05) is 31.9 Å². The second-order valence-electron chi connectivity index (χ2n) is 6.04. The minimum atomic E-state index is 0.523. The van der Waals surface area contributed by atoms with E-state index in [1.54, 1.807) is 0 Å². The first kappa shape index (κ1) is 15.3. The summed E-state index contributed by atoms with van der Waals surface area (Å²) in [5.41, 5.74) is 0. The number of likely N-dealkylation sites (tertiary alicyclic amines) is 1. The van der Waals surface area contributed by atoms with Crippen molar-refractivity contribution in [3.63, 3.8) is 0 Å². The number of rotatable bonds is 6. The summed E-state index contributed by atoms with van der Waals surface area (Å²) in [6.07, 6.45) is 6.15. The highest BCUT2D eigenvalue weighted by molar-refractivity contribution is 7.99. The molecule has 0 spiro atoms. The number of nitrogens with zero attached hydrogens (tertiary/aromatic N) is 4. The van der Waals surface area contributed by atoms with E-state index in [-0.39, 0.29) is 0 Å². The lowest BCUT2D eigenvalue weighted by Crippen LogP contribution is -2.20. The van der Waals surface area contributed by atoms with E-state index in [9.17, 15) is 0 Å². The average molecular weight is 310 g/mol. The molecule has 118 valence electrons. The molecule has 0 unspecified atom stereocenters. The van der Waals surface area contributed by atoms with Crippen LogP contribution >= 0.6 is 11.8 Å². The van der Waals surface area contributed by atoms with Crippen LogP contribution in [0, 0.1) is 0 Å². The predicted molar refractivity (Wildman–Crippen MR) is 84.8 cm³/mol. The van der Waals surface area contributed by atoms with Crippen LogP contribution in [0.4, 0.5) is 0 Å². The molecule has 0 amide bonds. The Labute approximate surface area is 131 Å². The summed E-state index contributed by atoms with van der Waals surface area (Å²) in [7, 11) is 2.10. The molecule has 1 aromatic heterocycles. The minimum absolute atomic E-state index is 0.523. The molecule has 1 aromatic rings. The summed E-state index contributed by atoms with van der Waals surface area (Å²) in [6.45, 7) is 5.54. The van der Waals surface area contributed by atoms with Crippen molar-refractivity contribution in [3.8, 4) is 0 Å². The highest BCUT2D eigenvalue weighted by Crippen LogP contribution is 2.27. The summed E-state index contributed by atoms with van der Waals surface area (Å²) in [5, 5.41) is 9.87. The molecule has 2 saturated heterocycles. The molecule has 5 nitrogen and oxygen atoms in total. The lowest BCUT2D eigenvalue weighted by atomic mass is 10.00. The zero-order chi connectivity index (χ0) is 14.5. The van der Waals surface area contributed by atoms with E-state index in [2.05, 4.69) is 26.7 Å². The normalized spacial score (nSPS) is 21.2. The van der Waals surface area contributed by atoms with E-state index >= 15 is 0 Å². The van der Waals surface area contributed by atoms with Crippen molar-refractivity contribution in [2.45, 2.75) is 43.2 Å². The summed E-state index contributed by atoms with van der Waals surface area (Å²) in [5.74, 6) is 2.80. The van der Waals surface area contributed by atoms with Crippen LogP contribution in [-0.2, 0) is 11.8 Å². The third kappa shape index (κ3) is 3.99. The van der Waals surface area contributed by atoms with Crippen LogP contribution in [0.15, 0.2) is 5.16 Å². The Bertz CT molecular complexity index is 439. The maximum Gasteiger partial charge on any atom is 0.190 e. The maximum atomic E-state index is 5.43. The van der Waals surface area contributed by atoms with Crippen LogP contribution in [0.1, 0.15) is 43.8 Å². The summed E-state index contributed by atoms with van der Waals surface area (Å²) in [6, 6.07) is 0. The van der Waals surface area contributed by atoms with Gasteiger partial charge in [-0.1, -0.05) is 11.8 Å². The SMILES string of the molecule is Cn1c(SCCCN2CCCC2)nnc1C1CCOCC1. The van der Waals surface area contributed by atoms with Crippen molar-refractivity contribution in [3.05, 3.63) is 5.82 Å². The maximum absolute atomic E-state index is 5.43. The van der Waals surface area contributed by atoms with Crippen LogP contribution in [-0.4, -0.2) is 58.3 Å². The first-order chi connectivity index (χ1) is 10.3. The fraction of sp³-hybridized carbons (Fsp3) is 0.867. The van der Waals surface area contributed by atoms with Crippen molar-refractivity contribution >= 4 is 11.8 Å². The Morgan fingerprint density at radius 3 is 2.71 bits per heavy atom. The Balaban J connectivity index is 1.45. The van der Waals surface area contributed by atoms with Crippen LogP contribution in [0.5, 0.6) is 0 Å². The van der Waals surface area contributed by atoms with Crippen molar-refractivity contribution in [2.24, 2.45) is 7.05 Å². The van der Waals surface area contributed by atoms with Gasteiger partial charge in [-0.15, -0.1) is 10.2 Å². The van der Waals surface area contributed by atoms with Gasteiger partial charge < -0.3 is 14.2 Å². The fourth-order valence-electron chi connectivity index (χ4n) is 3.22. The van der Waals surface area contributed by atoms with Gasteiger partial charge in [-0.3, -0.25) is 0 Å². The number of aromatic nitrogens is 3. The molecule has 0 atom stereocenters. The van der Waals surface area contributed by atoms with E-state index in [1.165, 1.54) is 38.9 Å². The van der Waals surface area contributed by atoms with E-state index in [0.717, 1.165) is 42.8 Å². The molecule has 3 rings (SSSR count). The third-order valence-electron chi connectivity index (χ3n) is 4.50. The Morgan fingerprint density at radius 2 is 1.95 bits per heavy atom. The first-order valence-electron chi connectivity index (χ1n) is 8.17. The Morgan fingerprint density at radius 1 is 1.19 bits per heavy atom. The van der Waals surface area contributed by atoms with Crippen LogP contribution in [0.25, 0.3) is 0 Å². The smallest absolute Gasteiger partial charge is 0.190 e.